The summed E-state index contributed by atoms with van der Waals surface area (Å²) < 4.78 is 0. The second-order valence-corrected chi connectivity index (χ2v) is 8.70. The number of H-pyrrole nitrogens is 1. The highest BCUT2D eigenvalue weighted by Crippen LogP contribution is 2.13. The van der Waals surface area contributed by atoms with Gasteiger partial charge in [-0.2, -0.15) is 0 Å². The number of aromatic nitrogens is 2. The molecule has 1 rings (SSSR count). The molecule has 0 saturated heterocycles. The Labute approximate surface area is 199 Å². The molecule has 7 atom stereocenters. The van der Waals surface area contributed by atoms with Gasteiger partial charge in [0, 0.05) is 18.3 Å². The molecule has 0 aliphatic rings. The number of carboxylic acid groups (broad SMARTS) is 1. The Hall–Kier alpha value is -2.99. The molecule has 0 aliphatic heterocycles. The van der Waals surface area contributed by atoms with Crippen LogP contribution in [0.5, 0.6) is 0 Å². The number of imidazole rings is 1. The summed E-state index contributed by atoms with van der Waals surface area (Å²) in [4.78, 5) is 56.8. The van der Waals surface area contributed by atoms with Gasteiger partial charge >= 0.3 is 5.97 Å². The van der Waals surface area contributed by atoms with Crippen LogP contribution in [0, 0.1) is 11.8 Å². The fraction of sp³-hybridized carbons (Fsp3) is 0.682. The van der Waals surface area contributed by atoms with Crippen molar-refractivity contribution in [3.05, 3.63) is 18.2 Å². The number of carbonyl (C=O) groups is 4. The second-order valence-electron chi connectivity index (χ2n) is 8.70. The molecule has 12 heteroatoms. The van der Waals surface area contributed by atoms with Crippen LogP contribution < -0.4 is 21.7 Å². The van der Waals surface area contributed by atoms with Gasteiger partial charge in [0.2, 0.25) is 17.7 Å². The van der Waals surface area contributed by atoms with Crippen molar-refractivity contribution in [2.75, 3.05) is 0 Å². The molecule has 12 nitrogen and oxygen atoms in total. The minimum Gasteiger partial charge on any atom is -0.480 e. The first kappa shape index (κ1) is 29.0. The number of hydrogen-bond donors (Lipinski definition) is 7. The first-order chi connectivity index (χ1) is 15.9. The number of aliphatic hydroxyl groups is 1. The van der Waals surface area contributed by atoms with Crippen molar-refractivity contribution in [3.8, 4) is 0 Å². The van der Waals surface area contributed by atoms with Gasteiger partial charge in [-0.1, -0.05) is 40.5 Å². The molecule has 192 valence electrons. The zero-order valence-corrected chi connectivity index (χ0v) is 20.4. The van der Waals surface area contributed by atoms with E-state index in [1.807, 2.05) is 13.8 Å². The number of carboxylic acids is 1. The van der Waals surface area contributed by atoms with E-state index >= 15 is 0 Å². The predicted octanol–water partition coefficient (Wildman–Crippen LogP) is -0.708. The molecule has 0 aromatic carbocycles. The summed E-state index contributed by atoms with van der Waals surface area (Å²) in [6, 6.07) is -4.48. The normalized spacial score (nSPS) is 17.4. The zero-order chi connectivity index (χ0) is 26.0. The third kappa shape index (κ3) is 8.41. The fourth-order valence-electron chi connectivity index (χ4n) is 3.26. The van der Waals surface area contributed by atoms with E-state index in [1.54, 1.807) is 20.0 Å². The Bertz CT molecular complexity index is 815. The first-order valence-corrected chi connectivity index (χ1v) is 11.5. The Morgan fingerprint density at radius 1 is 0.941 bits per heavy atom. The molecule has 7 unspecified atom stereocenters. The summed E-state index contributed by atoms with van der Waals surface area (Å²) in [5, 5.41) is 26.6. The Morgan fingerprint density at radius 2 is 1.41 bits per heavy atom. The number of aliphatic carboxylic acids is 1. The minimum absolute atomic E-state index is 0.203. The van der Waals surface area contributed by atoms with Crippen molar-refractivity contribution in [1.29, 1.82) is 0 Å². The van der Waals surface area contributed by atoms with Crippen LogP contribution in [0.15, 0.2) is 12.5 Å². The van der Waals surface area contributed by atoms with Gasteiger partial charge in [0.05, 0.1) is 18.5 Å². The lowest BCUT2D eigenvalue weighted by Crippen LogP contribution is -2.60. The number of hydrogen-bond acceptors (Lipinski definition) is 7. The largest absolute Gasteiger partial charge is 0.480 e. The molecule has 0 spiro atoms. The average Bonchev–Trinajstić information content (AvgIpc) is 3.30. The first-order valence-electron chi connectivity index (χ1n) is 11.5. The number of aromatic amines is 1. The van der Waals surface area contributed by atoms with Gasteiger partial charge in [-0.25, -0.2) is 9.78 Å². The highest BCUT2D eigenvalue weighted by molar-refractivity contribution is 5.94. The molecule has 0 bridgehead atoms. The molecule has 1 aromatic rings. The highest BCUT2D eigenvalue weighted by atomic mass is 16.4. The third-order valence-electron chi connectivity index (χ3n) is 5.96. The fourth-order valence-corrected chi connectivity index (χ4v) is 3.26. The molecule has 0 fully saturated rings. The van der Waals surface area contributed by atoms with Gasteiger partial charge in [0.25, 0.3) is 0 Å². The van der Waals surface area contributed by atoms with Crippen LogP contribution in [0.4, 0.5) is 0 Å². The summed E-state index contributed by atoms with van der Waals surface area (Å²) in [6.45, 7) is 8.46. The maximum atomic E-state index is 13.2. The van der Waals surface area contributed by atoms with Crippen LogP contribution in [0.2, 0.25) is 0 Å². The lowest BCUT2D eigenvalue weighted by molar-refractivity contribution is -0.145. The maximum absolute atomic E-state index is 13.2. The number of amides is 3. The number of nitrogens with zero attached hydrogens (tertiary/aromatic N) is 1. The van der Waals surface area contributed by atoms with E-state index in [-0.39, 0.29) is 18.3 Å². The lowest BCUT2D eigenvalue weighted by atomic mass is 9.94. The topological polar surface area (TPSA) is 200 Å². The van der Waals surface area contributed by atoms with E-state index in [1.165, 1.54) is 13.3 Å². The highest BCUT2D eigenvalue weighted by Gasteiger charge is 2.35. The number of rotatable bonds is 14. The van der Waals surface area contributed by atoms with Gasteiger partial charge in [0.1, 0.15) is 12.1 Å². The number of aliphatic hydroxyl groups excluding tert-OH is 1. The van der Waals surface area contributed by atoms with E-state index in [0.717, 1.165) is 0 Å². The van der Waals surface area contributed by atoms with E-state index in [2.05, 4.69) is 25.9 Å². The summed E-state index contributed by atoms with van der Waals surface area (Å²) in [6.07, 6.45) is 2.98. The molecule has 0 saturated carbocycles. The Balaban J connectivity index is 3.00. The van der Waals surface area contributed by atoms with Crippen LogP contribution in [0.25, 0.3) is 0 Å². The molecule has 0 radical (unpaired) electrons. The van der Waals surface area contributed by atoms with Crippen molar-refractivity contribution in [3.63, 3.8) is 0 Å². The number of carbonyl (C=O) groups excluding carboxylic acids is 3. The average molecular weight is 483 g/mol. The third-order valence-corrected chi connectivity index (χ3v) is 5.96. The van der Waals surface area contributed by atoms with Gasteiger partial charge in [-0.3, -0.25) is 14.4 Å². The van der Waals surface area contributed by atoms with E-state index in [4.69, 9.17) is 5.73 Å². The molecule has 3 amide bonds. The molecular weight excluding hydrogens is 444 g/mol. The van der Waals surface area contributed by atoms with Gasteiger partial charge in [-0.15, -0.1) is 0 Å². The van der Waals surface area contributed by atoms with Gasteiger partial charge in [0.15, 0.2) is 6.04 Å². The summed E-state index contributed by atoms with van der Waals surface area (Å²) in [7, 11) is 0. The SMILES string of the molecule is CCC(C)C(NC(=O)C(N)Cc1cnc[nH]1)C(=O)NC(C(=O)NC(C(=O)O)C(C)O)C(C)CC. The lowest BCUT2D eigenvalue weighted by Gasteiger charge is -2.30. The van der Waals surface area contributed by atoms with Crippen molar-refractivity contribution >= 4 is 23.7 Å². The monoisotopic (exact) mass is 482 g/mol. The van der Waals surface area contributed by atoms with Crippen molar-refractivity contribution in [2.45, 2.75) is 84.2 Å². The maximum Gasteiger partial charge on any atom is 0.328 e. The summed E-state index contributed by atoms with van der Waals surface area (Å²) in [5.74, 6) is -3.85. The smallest absolute Gasteiger partial charge is 0.328 e. The molecule has 1 aromatic heterocycles. The van der Waals surface area contributed by atoms with Crippen molar-refractivity contribution in [1.82, 2.24) is 25.9 Å². The standard InChI is InChI=1S/C22H38N6O6/c1-6-11(3)16(26-19(30)15(23)8-14-9-24-10-25-14)20(31)27-17(12(4)7-2)21(32)28-18(13(5)29)22(33)34/h9-13,15-18,29H,6-8,23H2,1-5H3,(H,24,25)(H,26,30)(H,27,31)(H,28,32)(H,33,34). The van der Waals surface area contributed by atoms with E-state index in [9.17, 15) is 29.4 Å². The molecule has 0 aliphatic carbocycles. The second kappa shape index (κ2) is 13.7. The van der Waals surface area contributed by atoms with Gasteiger partial charge in [-0.05, 0) is 18.8 Å². The van der Waals surface area contributed by atoms with Crippen LogP contribution in [-0.4, -0.2) is 74.1 Å². The van der Waals surface area contributed by atoms with Crippen LogP contribution in [0.1, 0.15) is 53.2 Å². The number of nitrogens with two attached hydrogens (primary N) is 1. The quantitative estimate of drug-likeness (QED) is 0.180. The van der Waals surface area contributed by atoms with E-state index < -0.39 is 54.0 Å². The van der Waals surface area contributed by atoms with Gasteiger partial charge < -0.3 is 36.9 Å². The van der Waals surface area contributed by atoms with Crippen LogP contribution >= 0.6 is 0 Å². The minimum atomic E-state index is -1.53. The van der Waals surface area contributed by atoms with Crippen LogP contribution in [0.3, 0.4) is 0 Å². The van der Waals surface area contributed by atoms with Crippen LogP contribution in [-0.2, 0) is 25.6 Å². The van der Waals surface area contributed by atoms with E-state index in [0.29, 0.717) is 18.5 Å². The van der Waals surface area contributed by atoms with Crippen molar-refractivity contribution in [2.24, 2.45) is 17.6 Å². The summed E-state index contributed by atoms with van der Waals surface area (Å²) in [5.41, 5.74) is 6.67. The molecule has 8 N–H and O–H groups in total. The number of nitrogens with one attached hydrogen (secondary N) is 4. The molecule has 34 heavy (non-hydrogen) atoms. The Morgan fingerprint density at radius 3 is 1.79 bits per heavy atom. The van der Waals surface area contributed by atoms with Crippen molar-refractivity contribution < 1.29 is 29.4 Å². The predicted molar refractivity (Wildman–Crippen MR) is 124 cm³/mol. The molecular formula is C22H38N6O6. The Kier molecular flexibility index (Phi) is 11.7. The zero-order valence-electron chi connectivity index (χ0n) is 20.4. The summed E-state index contributed by atoms with van der Waals surface area (Å²) >= 11 is 0. The molecule has 1 heterocycles.